The Labute approximate surface area is 141 Å². The van der Waals surface area contributed by atoms with E-state index in [0.717, 1.165) is 35.3 Å². The maximum atomic E-state index is 12.1. The van der Waals surface area contributed by atoms with E-state index in [1.807, 2.05) is 42.7 Å². The van der Waals surface area contributed by atoms with Gasteiger partial charge in [-0.25, -0.2) is 9.67 Å². The molecule has 4 rings (SSSR count). The second kappa shape index (κ2) is 6.40. The Kier molecular flexibility index (Phi) is 3.95. The highest BCUT2D eigenvalue weighted by Crippen LogP contribution is 2.28. The number of hydrogen-bond donors (Lipinski definition) is 0. The lowest BCUT2D eigenvalue weighted by atomic mass is 9.80. The van der Waals surface area contributed by atoms with Gasteiger partial charge in [0.15, 0.2) is 5.82 Å². The van der Waals surface area contributed by atoms with E-state index in [4.69, 9.17) is 0 Å². The van der Waals surface area contributed by atoms with Crippen LogP contribution in [-0.4, -0.2) is 20.5 Å². The number of rotatable bonds is 5. The molecule has 1 saturated carbocycles. The Bertz CT molecular complexity index is 833. The molecule has 0 N–H and O–H groups in total. The lowest BCUT2D eigenvalue weighted by molar-refractivity contribution is -0.124. The summed E-state index contributed by atoms with van der Waals surface area (Å²) in [5, 5.41) is 4.38. The minimum Gasteiger partial charge on any atom is -0.299 e. The number of carbonyl (C=O) groups excluding carboxylic acids is 1. The van der Waals surface area contributed by atoms with Gasteiger partial charge in [-0.3, -0.25) is 4.79 Å². The van der Waals surface area contributed by atoms with Crippen LogP contribution in [-0.2, 0) is 11.2 Å². The lowest BCUT2D eigenvalue weighted by Crippen LogP contribution is -2.23. The molecule has 0 bridgehead atoms. The first kappa shape index (κ1) is 14.8. The molecule has 0 saturated heterocycles. The van der Waals surface area contributed by atoms with Gasteiger partial charge in [0.1, 0.15) is 5.78 Å². The van der Waals surface area contributed by atoms with Crippen molar-refractivity contribution < 1.29 is 4.79 Å². The van der Waals surface area contributed by atoms with Crippen LogP contribution in [0.25, 0.3) is 16.9 Å². The summed E-state index contributed by atoms with van der Waals surface area (Å²) < 4.78 is 1.77. The van der Waals surface area contributed by atoms with E-state index in [1.54, 1.807) is 10.9 Å². The van der Waals surface area contributed by atoms with Crippen LogP contribution < -0.4 is 0 Å². The SMILES string of the molecule is O=C(Cc1ccc(-c2cnn(-c3ccccn3)c2)cc1)C1CCC1. The van der Waals surface area contributed by atoms with Crippen LogP contribution >= 0.6 is 0 Å². The quantitative estimate of drug-likeness (QED) is 0.718. The summed E-state index contributed by atoms with van der Waals surface area (Å²) in [6.45, 7) is 0. The zero-order valence-corrected chi connectivity index (χ0v) is 13.4. The second-order valence-electron chi connectivity index (χ2n) is 6.33. The van der Waals surface area contributed by atoms with Crippen molar-refractivity contribution in [3.05, 3.63) is 66.6 Å². The van der Waals surface area contributed by atoms with Crippen LogP contribution in [0.3, 0.4) is 0 Å². The number of Topliss-reactive ketones (excluding diaryl/α,β-unsaturated/α-hetero) is 1. The van der Waals surface area contributed by atoms with Gasteiger partial charge in [-0.1, -0.05) is 36.8 Å². The number of nitrogens with zero attached hydrogens (tertiary/aromatic N) is 3. The average Bonchev–Trinajstić information content (AvgIpc) is 3.05. The molecule has 120 valence electrons. The molecule has 0 aliphatic heterocycles. The van der Waals surface area contributed by atoms with Crippen molar-refractivity contribution in [1.82, 2.24) is 14.8 Å². The molecule has 4 heteroatoms. The predicted octanol–water partition coefficient (Wildman–Crippen LogP) is 3.85. The Morgan fingerprint density at radius 2 is 1.92 bits per heavy atom. The fourth-order valence-corrected chi connectivity index (χ4v) is 2.98. The third kappa shape index (κ3) is 3.00. The number of hydrogen-bond acceptors (Lipinski definition) is 3. The molecule has 3 aromatic rings. The highest BCUT2D eigenvalue weighted by Gasteiger charge is 2.24. The van der Waals surface area contributed by atoms with E-state index >= 15 is 0 Å². The van der Waals surface area contributed by atoms with E-state index in [0.29, 0.717) is 18.1 Å². The smallest absolute Gasteiger partial charge is 0.153 e. The normalized spacial score (nSPS) is 14.3. The van der Waals surface area contributed by atoms with E-state index in [-0.39, 0.29) is 0 Å². The van der Waals surface area contributed by atoms with Gasteiger partial charge in [-0.15, -0.1) is 0 Å². The molecular formula is C20H19N3O. The fourth-order valence-electron chi connectivity index (χ4n) is 2.98. The molecule has 1 aliphatic carbocycles. The number of ketones is 1. The lowest BCUT2D eigenvalue weighted by Gasteiger charge is -2.23. The molecule has 24 heavy (non-hydrogen) atoms. The molecule has 0 amide bonds. The maximum absolute atomic E-state index is 12.1. The molecule has 0 radical (unpaired) electrons. The van der Waals surface area contributed by atoms with Crippen LogP contribution in [0.4, 0.5) is 0 Å². The molecule has 0 unspecified atom stereocenters. The molecule has 1 aliphatic rings. The van der Waals surface area contributed by atoms with Crippen LogP contribution in [0.15, 0.2) is 61.1 Å². The van der Waals surface area contributed by atoms with Gasteiger partial charge in [0.25, 0.3) is 0 Å². The van der Waals surface area contributed by atoms with E-state index in [2.05, 4.69) is 22.2 Å². The van der Waals surface area contributed by atoms with Crippen LogP contribution in [0.2, 0.25) is 0 Å². The van der Waals surface area contributed by atoms with Crippen LogP contribution in [0, 0.1) is 5.92 Å². The standard InChI is InChI=1S/C20H19N3O/c24-19(17-4-3-5-17)12-15-7-9-16(10-8-15)18-13-22-23(14-18)20-6-1-2-11-21-20/h1-2,6-11,13-14,17H,3-5,12H2. The zero-order chi connectivity index (χ0) is 16.4. The molecule has 2 heterocycles. The number of aromatic nitrogens is 3. The van der Waals surface area contributed by atoms with Gasteiger partial charge >= 0.3 is 0 Å². The van der Waals surface area contributed by atoms with Gasteiger partial charge in [0.05, 0.1) is 6.20 Å². The number of pyridine rings is 1. The first-order valence-electron chi connectivity index (χ1n) is 8.38. The number of carbonyl (C=O) groups is 1. The molecule has 0 spiro atoms. The van der Waals surface area contributed by atoms with Crippen LogP contribution in [0.5, 0.6) is 0 Å². The number of benzene rings is 1. The third-order valence-corrected chi connectivity index (χ3v) is 4.69. The molecule has 2 aromatic heterocycles. The van der Waals surface area contributed by atoms with E-state index in [9.17, 15) is 4.79 Å². The van der Waals surface area contributed by atoms with Gasteiger partial charge in [0.2, 0.25) is 0 Å². The largest absolute Gasteiger partial charge is 0.299 e. The fraction of sp³-hybridized carbons (Fsp3) is 0.250. The summed E-state index contributed by atoms with van der Waals surface area (Å²) in [5.74, 6) is 1.49. The Morgan fingerprint density at radius 1 is 1.08 bits per heavy atom. The van der Waals surface area contributed by atoms with Crippen LogP contribution in [0.1, 0.15) is 24.8 Å². The highest BCUT2D eigenvalue weighted by molar-refractivity contribution is 5.84. The first-order chi connectivity index (χ1) is 11.8. The van der Waals surface area contributed by atoms with E-state index < -0.39 is 0 Å². The van der Waals surface area contributed by atoms with Crippen molar-refractivity contribution in [3.8, 4) is 16.9 Å². The predicted molar refractivity (Wildman–Crippen MR) is 92.8 cm³/mol. The minimum absolute atomic E-state index is 0.307. The van der Waals surface area contributed by atoms with Crippen molar-refractivity contribution in [2.24, 2.45) is 5.92 Å². The molecule has 1 aromatic carbocycles. The summed E-state index contributed by atoms with van der Waals surface area (Å²) in [6.07, 6.45) is 9.46. The summed E-state index contributed by atoms with van der Waals surface area (Å²) in [4.78, 5) is 16.4. The minimum atomic E-state index is 0.307. The molecule has 4 nitrogen and oxygen atoms in total. The summed E-state index contributed by atoms with van der Waals surface area (Å²) >= 11 is 0. The first-order valence-corrected chi connectivity index (χ1v) is 8.38. The summed E-state index contributed by atoms with van der Waals surface area (Å²) in [5.41, 5.74) is 3.22. The van der Waals surface area contributed by atoms with Crippen molar-refractivity contribution in [2.45, 2.75) is 25.7 Å². The zero-order valence-electron chi connectivity index (χ0n) is 13.4. The summed E-state index contributed by atoms with van der Waals surface area (Å²) in [6, 6.07) is 14.0. The van der Waals surface area contributed by atoms with Crippen molar-refractivity contribution in [2.75, 3.05) is 0 Å². The van der Waals surface area contributed by atoms with Gasteiger partial charge in [0, 0.05) is 30.3 Å². The van der Waals surface area contributed by atoms with Crippen molar-refractivity contribution in [1.29, 1.82) is 0 Å². The molecular weight excluding hydrogens is 298 g/mol. The molecule has 1 fully saturated rings. The van der Waals surface area contributed by atoms with Crippen molar-refractivity contribution >= 4 is 5.78 Å². The third-order valence-electron chi connectivity index (χ3n) is 4.69. The van der Waals surface area contributed by atoms with Gasteiger partial charge in [-0.2, -0.15) is 5.10 Å². The Morgan fingerprint density at radius 3 is 2.58 bits per heavy atom. The summed E-state index contributed by atoms with van der Waals surface area (Å²) in [7, 11) is 0. The van der Waals surface area contributed by atoms with Crippen molar-refractivity contribution in [3.63, 3.8) is 0 Å². The molecule has 0 atom stereocenters. The topological polar surface area (TPSA) is 47.8 Å². The second-order valence-corrected chi connectivity index (χ2v) is 6.33. The van der Waals surface area contributed by atoms with Gasteiger partial charge in [-0.05, 0) is 36.1 Å². The Balaban J connectivity index is 1.49. The maximum Gasteiger partial charge on any atom is 0.153 e. The monoisotopic (exact) mass is 317 g/mol. The average molecular weight is 317 g/mol. The highest BCUT2D eigenvalue weighted by atomic mass is 16.1. The van der Waals surface area contributed by atoms with Gasteiger partial charge < -0.3 is 0 Å². The van der Waals surface area contributed by atoms with E-state index in [1.165, 1.54) is 6.42 Å². The Hall–Kier alpha value is -2.75.